The summed E-state index contributed by atoms with van der Waals surface area (Å²) in [7, 11) is 1.86. The van der Waals surface area contributed by atoms with Gasteiger partial charge >= 0.3 is 0 Å². The van der Waals surface area contributed by atoms with Gasteiger partial charge in [-0.25, -0.2) is 0 Å². The molecule has 2 heterocycles. The highest BCUT2D eigenvalue weighted by Crippen LogP contribution is 2.20. The third-order valence-electron chi connectivity index (χ3n) is 4.54. The average molecular weight is 322 g/mol. The number of rotatable bonds is 4. The van der Waals surface area contributed by atoms with Crippen LogP contribution in [0.4, 0.5) is 0 Å². The second-order valence-electron chi connectivity index (χ2n) is 6.46. The smallest absolute Gasteiger partial charge is 0.193 e. The van der Waals surface area contributed by atoms with E-state index in [1.54, 1.807) is 0 Å². The topological polar surface area (TPSA) is 40.5 Å². The molecule has 4 heteroatoms. The molecule has 4 nitrogen and oxygen atoms in total. The molecule has 3 rings (SSSR count). The summed E-state index contributed by atoms with van der Waals surface area (Å²) in [5, 5.41) is 3.45. The number of nitrogens with zero attached hydrogens (tertiary/aromatic N) is 3. The molecule has 2 aromatic rings. The van der Waals surface area contributed by atoms with Crippen LogP contribution in [0.2, 0.25) is 0 Å². The molecule has 1 aliphatic rings. The molecule has 1 saturated heterocycles. The first-order chi connectivity index (χ1) is 11.7. The maximum atomic E-state index is 4.54. The van der Waals surface area contributed by atoms with Crippen molar-refractivity contribution in [2.45, 2.75) is 26.3 Å². The Bertz CT molecular complexity index is 681. The molecule has 1 N–H and O–H groups in total. The Labute approximate surface area is 144 Å². The van der Waals surface area contributed by atoms with Gasteiger partial charge in [-0.3, -0.25) is 9.98 Å². The molecular weight excluding hydrogens is 296 g/mol. The van der Waals surface area contributed by atoms with Crippen molar-refractivity contribution in [2.75, 3.05) is 20.1 Å². The molecule has 1 atom stereocenters. The van der Waals surface area contributed by atoms with Crippen molar-refractivity contribution < 1.29 is 0 Å². The minimum atomic E-state index is 0.697. The molecular formula is C20H26N4. The van der Waals surface area contributed by atoms with Crippen LogP contribution in [0.5, 0.6) is 0 Å². The highest BCUT2D eigenvalue weighted by molar-refractivity contribution is 5.80. The standard InChI is InChI=1S/C20H26N4/c1-16-7-6-10-19(23-16)14-22-20(21-2)24-12-11-18(15-24)13-17-8-4-3-5-9-17/h3-10,18H,11-15H2,1-2H3,(H,21,22). The van der Waals surface area contributed by atoms with Crippen LogP contribution in [-0.4, -0.2) is 36.0 Å². The molecule has 1 aromatic heterocycles. The Morgan fingerprint density at radius 1 is 1.21 bits per heavy atom. The highest BCUT2D eigenvalue weighted by Gasteiger charge is 2.24. The van der Waals surface area contributed by atoms with Gasteiger partial charge in [-0.15, -0.1) is 0 Å². The lowest BCUT2D eigenvalue weighted by molar-refractivity contribution is 0.459. The second-order valence-corrected chi connectivity index (χ2v) is 6.46. The van der Waals surface area contributed by atoms with Crippen LogP contribution in [0, 0.1) is 12.8 Å². The molecule has 0 aliphatic carbocycles. The molecule has 1 fully saturated rings. The SMILES string of the molecule is CN=C(NCc1cccc(C)n1)N1CCC(Cc2ccccc2)C1. The second kappa shape index (κ2) is 7.95. The Kier molecular flexibility index (Phi) is 5.47. The van der Waals surface area contributed by atoms with Gasteiger partial charge in [-0.05, 0) is 43.4 Å². The van der Waals surface area contributed by atoms with E-state index in [0.717, 1.165) is 36.9 Å². The Morgan fingerprint density at radius 3 is 2.79 bits per heavy atom. The number of aromatic nitrogens is 1. The molecule has 0 saturated carbocycles. The van der Waals surface area contributed by atoms with Gasteiger partial charge < -0.3 is 10.2 Å². The van der Waals surface area contributed by atoms with Crippen molar-refractivity contribution in [3.05, 3.63) is 65.5 Å². The number of aryl methyl sites for hydroxylation is 1. The average Bonchev–Trinajstić information content (AvgIpc) is 3.05. The number of nitrogens with one attached hydrogen (secondary N) is 1. The fourth-order valence-corrected chi connectivity index (χ4v) is 3.34. The van der Waals surface area contributed by atoms with E-state index in [0.29, 0.717) is 12.5 Å². The fraction of sp³-hybridized carbons (Fsp3) is 0.400. The zero-order chi connectivity index (χ0) is 16.8. The predicted molar refractivity (Wildman–Crippen MR) is 99.0 cm³/mol. The summed E-state index contributed by atoms with van der Waals surface area (Å²) in [6.45, 7) is 4.87. The third-order valence-corrected chi connectivity index (χ3v) is 4.54. The van der Waals surface area contributed by atoms with Crippen LogP contribution in [0.3, 0.4) is 0 Å². The first-order valence-corrected chi connectivity index (χ1v) is 8.66. The molecule has 1 unspecified atom stereocenters. The lowest BCUT2D eigenvalue weighted by atomic mass is 9.99. The van der Waals surface area contributed by atoms with Crippen LogP contribution in [0.15, 0.2) is 53.5 Å². The van der Waals surface area contributed by atoms with Crippen molar-refractivity contribution in [1.82, 2.24) is 15.2 Å². The maximum absolute atomic E-state index is 4.54. The summed E-state index contributed by atoms with van der Waals surface area (Å²) in [4.78, 5) is 11.4. The highest BCUT2D eigenvalue weighted by atomic mass is 15.3. The fourth-order valence-electron chi connectivity index (χ4n) is 3.34. The van der Waals surface area contributed by atoms with Gasteiger partial charge in [-0.1, -0.05) is 36.4 Å². The van der Waals surface area contributed by atoms with Crippen molar-refractivity contribution in [3.63, 3.8) is 0 Å². The summed E-state index contributed by atoms with van der Waals surface area (Å²) < 4.78 is 0. The monoisotopic (exact) mass is 322 g/mol. The Balaban J connectivity index is 1.53. The van der Waals surface area contributed by atoms with Crippen LogP contribution in [-0.2, 0) is 13.0 Å². The largest absolute Gasteiger partial charge is 0.351 e. The summed E-state index contributed by atoms with van der Waals surface area (Å²) in [5.74, 6) is 1.68. The van der Waals surface area contributed by atoms with E-state index >= 15 is 0 Å². The van der Waals surface area contributed by atoms with E-state index < -0.39 is 0 Å². The van der Waals surface area contributed by atoms with Crippen LogP contribution >= 0.6 is 0 Å². The zero-order valence-corrected chi connectivity index (χ0v) is 14.6. The predicted octanol–water partition coefficient (Wildman–Crippen LogP) is 3.03. The van der Waals surface area contributed by atoms with Gasteiger partial charge in [0.2, 0.25) is 0 Å². The molecule has 0 spiro atoms. The number of benzene rings is 1. The van der Waals surface area contributed by atoms with E-state index in [1.807, 2.05) is 26.1 Å². The number of pyridine rings is 1. The molecule has 0 radical (unpaired) electrons. The summed E-state index contributed by atoms with van der Waals surface area (Å²) in [5.41, 5.74) is 3.53. The maximum Gasteiger partial charge on any atom is 0.193 e. The van der Waals surface area contributed by atoms with Crippen LogP contribution in [0.25, 0.3) is 0 Å². The van der Waals surface area contributed by atoms with Crippen molar-refractivity contribution in [3.8, 4) is 0 Å². The van der Waals surface area contributed by atoms with E-state index in [-0.39, 0.29) is 0 Å². The Morgan fingerprint density at radius 2 is 2.04 bits per heavy atom. The number of hydrogen-bond donors (Lipinski definition) is 1. The van der Waals surface area contributed by atoms with Gasteiger partial charge in [-0.2, -0.15) is 0 Å². The molecule has 126 valence electrons. The van der Waals surface area contributed by atoms with Crippen molar-refractivity contribution in [2.24, 2.45) is 10.9 Å². The number of aliphatic imine (C=N–C) groups is 1. The van der Waals surface area contributed by atoms with E-state index in [9.17, 15) is 0 Å². The van der Waals surface area contributed by atoms with Gasteiger partial charge in [0.1, 0.15) is 0 Å². The first kappa shape index (κ1) is 16.5. The molecule has 1 aliphatic heterocycles. The van der Waals surface area contributed by atoms with E-state index in [4.69, 9.17) is 0 Å². The van der Waals surface area contributed by atoms with Gasteiger partial charge in [0.15, 0.2) is 5.96 Å². The van der Waals surface area contributed by atoms with Gasteiger partial charge in [0.25, 0.3) is 0 Å². The van der Waals surface area contributed by atoms with Crippen molar-refractivity contribution >= 4 is 5.96 Å². The minimum absolute atomic E-state index is 0.697. The van der Waals surface area contributed by atoms with Gasteiger partial charge in [0.05, 0.1) is 12.2 Å². The summed E-state index contributed by atoms with van der Waals surface area (Å²) >= 11 is 0. The lowest BCUT2D eigenvalue weighted by Gasteiger charge is -2.21. The quantitative estimate of drug-likeness (QED) is 0.695. The normalized spacial score (nSPS) is 18.0. The minimum Gasteiger partial charge on any atom is -0.351 e. The van der Waals surface area contributed by atoms with Gasteiger partial charge in [0, 0.05) is 25.8 Å². The van der Waals surface area contributed by atoms with Crippen LogP contribution in [0.1, 0.15) is 23.4 Å². The molecule has 24 heavy (non-hydrogen) atoms. The van der Waals surface area contributed by atoms with Crippen LogP contribution < -0.4 is 5.32 Å². The Hall–Kier alpha value is -2.36. The summed E-state index contributed by atoms with van der Waals surface area (Å²) in [6.07, 6.45) is 2.37. The number of likely N-dealkylation sites (tertiary alicyclic amines) is 1. The lowest BCUT2D eigenvalue weighted by Crippen LogP contribution is -2.39. The molecule has 0 amide bonds. The van der Waals surface area contributed by atoms with E-state index in [2.05, 4.69) is 56.6 Å². The molecule has 0 bridgehead atoms. The van der Waals surface area contributed by atoms with Crippen molar-refractivity contribution in [1.29, 1.82) is 0 Å². The summed E-state index contributed by atoms with van der Waals surface area (Å²) in [6, 6.07) is 16.9. The third kappa shape index (κ3) is 4.34. The first-order valence-electron chi connectivity index (χ1n) is 8.66. The number of guanidine groups is 1. The molecule has 1 aromatic carbocycles. The number of hydrogen-bond acceptors (Lipinski definition) is 2. The zero-order valence-electron chi connectivity index (χ0n) is 14.6. The van der Waals surface area contributed by atoms with E-state index in [1.165, 1.54) is 12.0 Å².